The minimum absolute atomic E-state index is 0.327. The minimum Gasteiger partial charge on any atom is -0.372 e. The van der Waals surface area contributed by atoms with Crippen LogP contribution in [0, 0.1) is 11.8 Å². The number of rotatable bonds is 4. The molecule has 0 radical (unpaired) electrons. The molecule has 1 aromatic carbocycles. The largest absolute Gasteiger partial charge is 0.372 e. The van der Waals surface area contributed by atoms with E-state index in [0.717, 1.165) is 30.6 Å². The molecule has 1 aromatic rings. The molecule has 0 unspecified atom stereocenters. The van der Waals surface area contributed by atoms with Gasteiger partial charge in [-0.25, -0.2) is 13.1 Å². The van der Waals surface area contributed by atoms with E-state index in [2.05, 4.69) is 14.9 Å². The zero-order valence-corrected chi connectivity index (χ0v) is 14.6. The van der Waals surface area contributed by atoms with Crippen LogP contribution in [0.15, 0.2) is 29.2 Å². The number of hydrogen-bond acceptors (Lipinski definition) is 4. The van der Waals surface area contributed by atoms with Crippen LogP contribution in [0.2, 0.25) is 0 Å². The molecule has 3 rings (SSSR count). The average molecular weight is 337 g/mol. The summed E-state index contributed by atoms with van der Waals surface area (Å²) in [4.78, 5) is 2.71. The molecule has 0 aromatic heterocycles. The molecule has 0 spiro atoms. The maximum Gasteiger partial charge on any atom is 0.240 e. The lowest BCUT2D eigenvalue weighted by Gasteiger charge is -2.38. The van der Waals surface area contributed by atoms with Crippen LogP contribution in [0.5, 0.6) is 0 Å². The first-order valence-corrected chi connectivity index (χ1v) is 10.1. The van der Waals surface area contributed by atoms with Crippen molar-refractivity contribution >= 4 is 15.7 Å². The second kappa shape index (κ2) is 7.20. The fourth-order valence-corrected chi connectivity index (χ4v) is 4.63. The van der Waals surface area contributed by atoms with Crippen LogP contribution in [-0.4, -0.2) is 41.6 Å². The monoisotopic (exact) mass is 337 g/mol. The Labute approximate surface area is 139 Å². The second-order valence-corrected chi connectivity index (χ2v) is 8.50. The fourth-order valence-electron chi connectivity index (χ4n) is 3.90. The molecule has 128 valence electrons. The Bertz CT molecular complexity index is 601. The van der Waals surface area contributed by atoms with Crippen molar-refractivity contribution in [2.24, 2.45) is 11.8 Å². The van der Waals surface area contributed by atoms with E-state index in [-0.39, 0.29) is 0 Å². The van der Waals surface area contributed by atoms with Gasteiger partial charge in [-0.2, -0.15) is 0 Å². The van der Waals surface area contributed by atoms with Crippen LogP contribution in [-0.2, 0) is 10.0 Å². The van der Waals surface area contributed by atoms with Crippen molar-refractivity contribution in [1.29, 1.82) is 0 Å². The van der Waals surface area contributed by atoms with E-state index in [1.54, 1.807) is 12.1 Å². The summed E-state index contributed by atoms with van der Waals surface area (Å²) in [5.74, 6) is 1.75. The smallest absolute Gasteiger partial charge is 0.240 e. The summed E-state index contributed by atoms with van der Waals surface area (Å²) < 4.78 is 25.9. The Morgan fingerprint density at radius 1 is 1.00 bits per heavy atom. The van der Waals surface area contributed by atoms with E-state index < -0.39 is 10.0 Å². The Morgan fingerprint density at radius 2 is 1.57 bits per heavy atom. The molecule has 2 heterocycles. The summed E-state index contributed by atoms with van der Waals surface area (Å²) >= 11 is 0. The van der Waals surface area contributed by atoms with Gasteiger partial charge in [0.15, 0.2) is 0 Å². The zero-order chi connectivity index (χ0) is 16.3. The van der Waals surface area contributed by atoms with Gasteiger partial charge in [0.2, 0.25) is 10.0 Å². The second-order valence-electron chi connectivity index (χ2n) is 6.61. The number of sulfonamides is 1. The van der Waals surface area contributed by atoms with Gasteiger partial charge in [-0.1, -0.05) is 0 Å². The number of benzene rings is 1. The van der Waals surface area contributed by atoms with Crippen LogP contribution in [0.1, 0.15) is 25.7 Å². The first-order chi connectivity index (χ1) is 11.1. The molecule has 0 aliphatic carbocycles. The lowest BCUT2D eigenvalue weighted by Crippen LogP contribution is -2.39. The summed E-state index contributed by atoms with van der Waals surface area (Å²) in [5.41, 5.74) is 1.13. The maximum absolute atomic E-state index is 11.8. The Hall–Kier alpha value is -1.11. The van der Waals surface area contributed by atoms with E-state index in [9.17, 15) is 8.42 Å². The van der Waals surface area contributed by atoms with Crippen molar-refractivity contribution in [1.82, 2.24) is 10.0 Å². The fraction of sp³-hybridized carbons (Fsp3) is 0.647. The van der Waals surface area contributed by atoms with E-state index in [1.807, 2.05) is 12.1 Å². The highest BCUT2D eigenvalue weighted by Crippen LogP contribution is 2.32. The summed E-state index contributed by atoms with van der Waals surface area (Å²) in [7, 11) is -1.90. The number of nitrogens with one attached hydrogen (secondary N) is 2. The highest BCUT2D eigenvalue weighted by molar-refractivity contribution is 7.89. The predicted octanol–water partition coefficient (Wildman–Crippen LogP) is 1.81. The van der Waals surface area contributed by atoms with Crippen LogP contribution in [0.4, 0.5) is 5.69 Å². The third-order valence-corrected chi connectivity index (χ3v) is 6.80. The van der Waals surface area contributed by atoms with Crippen molar-refractivity contribution in [3.8, 4) is 0 Å². The van der Waals surface area contributed by atoms with E-state index in [1.165, 1.54) is 45.8 Å². The van der Waals surface area contributed by atoms with Crippen molar-refractivity contribution in [3.63, 3.8) is 0 Å². The molecule has 6 heteroatoms. The Morgan fingerprint density at radius 3 is 2.13 bits per heavy atom. The minimum atomic E-state index is -3.34. The lowest BCUT2D eigenvalue weighted by molar-refractivity contribution is 0.222. The molecular formula is C17H27N3O2S. The van der Waals surface area contributed by atoms with Gasteiger partial charge in [0.25, 0.3) is 0 Å². The summed E-state index contributed by atoms with van der Waals surface area (Å²) in [6, 6.07) is 7.24. The van der Waals surface area contributed by atoms with Gasteiger partial charge in [0, 0.05) is 18.8 Å². The molecule has 2 fully saturated rings. The average Bonchev–Trinajstić information content (AvgIpc) is 2.63. The highest BCUT2D eigenvalue weighted by Gasteiger charge is 2.27. The molecule has 0 bridgehead atoms. The molecule has 0 atom stereocenters. The Balaban J connectivity index is 1.59. The van der Waals surface area contributed by atoms with E-state index >= 15 is 0 Å². The van der Waals surface area contributed by atoms with Gasteiger partial charge >= 0.3 is 0 Å². The zero-order valence-electron chi connectivity index (χ0n) is 13.8. The normalized spacial score (nSPS) is 21.5. The van der Waals surface area contributed by atoms with Crippen molar-refractivity contribution in [2.75, 3.05) is 38.1 Å². The highest BCUT2D eigenvalue weighted by atomic mass is 32.2. The van der Waals surface area contributed by atoms with Gasteiger partial charge in [-0.05, 0) is 81.9 Å². The molecule has 2 aliphatic heterocycles. The molecule has 2 aliphatic rings. The summed E-state index contributed by atoms with van der Waals surface area (Å²) in [5, 5.41) is 3.45. The molecule has 2 N–H and O–H groups in total. The quantitative estimate of drug-likeness (QED) is 0.880. The number of hydrogen-bond donors (Lipinski definition) is 2. The third kappa shape index (κ3) is 3.87. The maximum atomic E-state index is 11.8. The number of nitrogens with zero attached hydrogens (tertiary/aromatic N) is 1. The predicted molar refractivity (Wildman–Crippen MR) is 93.2 cm³/mol. The first-order valence-electron chi connectivity index (χ1n) is 8.59. The molecule has 2 saturated heterocycles. The van der Waals surface area contributed by atoms with Crippen LogP contribution >= 0.6 is 0 Å². The molecule has 0 amide bonds. The van der Waals surface area contributed by atoms with E-state index in [0.29, 0.717) is 4.90 Å². The van der Waals surface area contributed by atoms with Gasteiger partial charge in [-0.3, -0.25) is 0 Å². The van der Waals surface area contributed by atoms with Crippen molar-refractivity contribution in [3.05, 3.63) is 24.3 Å². The van der Waals surface area contributed by atoms with Crippen molar-refractivity contribution < 1.29 is 8.42 Å². The van der Waals surface area contributed by atoms with Crippen LogP contribution < -0.4 is 14.9 Å². The standard InChI is InChI=1S/C17H27N3O2S/c1-18-23(21,22)17-4-2-16(3-5-17)20-12-8-15(9-13-20)14-6-10-19-11-7-14/h2-5,14-15,18-19H,6-13H2,1H3. The molecule has 23 heavy (non-hydrogen) atoms. The number of anilines is 1. The van der Waals surface area contributed by atoms with Gasteiger partial charge < -0.3 is 10.2 Å². The molecule has 5 nitrogen and oxygen atoms in total. The van der Waals surface area contributed by atoms with Gasteiger partial charge in [-0.15, -0.1) is 0 Å². The Kier molecular flexibility index (Phi) is 5.24. The summed E-state index contributed by atoms with van der Waals surface area (Å²) in [6.07, 6.45) is 5.14. The van der Waals surface area contributed by atoms with E-state index in [4.69, 9.17) is 0 Å². The topological polar surface area (TPSA) is 61.4 Å². The van der Waals surface area contributed by atoms with Gasteiger partial charge in [0.1, 0.15) is 0 Å². The first kappa shape index (κ1) is 16.7. The SMILES string of the molecule is CNS(=O)(=O)c1ccc(N2CCC(C3CCNCC3)CC2)cc1. The van der Waals surface area contributed by atoms with Gasteiger partial charge in [0.05, 0.1) is 4.90 Å². The van der Waals surface area contributed by atoms with Crippen molar-refractivity contribution in [2.45, 2.75) is 30.6 Å². The lowest BCUT2D eigenvalue weighted by atomic mass is 9.79. The number of piperidine rings is 2. The van der Waals surface area contributed by atoms with Crippen LogP contribution in [0.3, 0.4) is 0 Å². The molecule has 0 saturated carbocycles. The van der Waals surface area contributed by atoms with Crippen LogP contribution in [0.25, 0.3) is 0 Å². The third-order valence-electron chi connectivity index (χ3n) is 5.37. The summed E-state index contributed by atoms with van der Waals surface area (Å²) in [6.45, 7) is 4.50. The molecular weight excluding hydrogens is 310 g/mol.